The van der Waals surface area contributed by atoms with Crippen LogP contribution in [0.2, 0.25) is 0 Å². The van der Waals surface area contributed by atoms with Crippen molar-refractivity contribution in [2.45, 2.75) is 26.4 Å². The van der Waals surface area contributed by atoms with Crippen molar-refractivity contribution in [2.24, 2.45) is 0 Å². The Labute approximate surface area is 836 Å². The third-order valence-electron chi connectivity index (χ3n) is 26.8. The van der Waals surface area contributed by atoms with E-state index < -0.39 is 0 Å². The maximum atomic E-state index is 7.53. The van der Waals surface area contributed by atoms with Crippen LogP contribution in [-0.4, -0.2) is 76.8 Å². The van der Waals surface area contributed by atoms with Gasteiger partial charge in [0.15, 0.2) is 0 Å². The number of nitrogens with zero attached hydrogens (tertiary/aromatic N) is 2. The number of benzene rings is 16. The molecule has 19 aromatic rings. The first-order chi connectivity index (χ1) is 71.0. The Bertz CT molecular complexity index is 6960. The van der Waals surface area contributed by atoms with Gasteiger partial charge in [0.2, 0.25) is 0 Å². The van der Waals surface area contributed by atoms with Crippen LogP contribution >= 0.6 is 0 Å². The van der Waals surface area contributed by atoms with Gasteiger partial charge in [-0.1, -0.05) is 243 Å². The van der Waals surface area contributed by atoms with Gasteiger partial charge in [-0.3, -0.25) is 0 Å². The molecule has 16 nitrogen and oxygen atoms in total. The summed E-state index contributed by atoms with van der Waals surface area (Å²) >= 11 is 0. The molecule has 144 heavy (non-hydrogen) atoms. The van der Waals surface area contributed by atoms with Crippen LogP contribution in [0.3, 0.4) is 0 Å². The van der Waals surface area contributed by atoms with Gasteiger partial charge in [-0.25, -0.2) is 9.97 Å². The summed E-state index contributed by atoms with van der Waals surface area (Å²) in [5.41, 5.74) is 31.4. The highest BCUT2D eigenvalue weighted by Gasteiger charge is 2.28. The van der Waals surface area contributed by atoms with E-state index in [0.29, 0.717) is 45.8 Å². The smallest absolute Gasteiger partial charge is 0.127 e. The highest BCUT2D eigenvalue weighted by Crippen LogP contribution is 2.49. The fourth-order valence-electron chi connectivity index (χ4n) is 19.4. The van der Waals surface area contributed by atoms with Gasteiger partial charge in [0.1, 0.15) is 95.4 Å². The maximum absolute atomic E-state index is 7.53. The van der Waals surface area contributed by atoms with Crippen molar-refractivity contribution >= 4 is 46.4 Å². The van der Waals surface area contributed by atoms with Crippen LogP contribution < -0.4 is 56.8 Å². The Kier molecular flexibility index (Phi) is 26.7. The molecule has 0 amide bonds. The molecule has 2 aliphatic rings. The Morgan fingerprint density at radius 3 is 0.479 bits per heavy atom. The highest BCUT2D eigenvalue weighted by atomic mass is 16.5. The SMILES string of the molecule is COc1ccc(-c2cccc(-c3ccc(OC)cc3)c2COc2ccccc2-c2c3nc(c(-c4ccccc4OCc4c(-c5ccc(OC)cc5)cccc4-c4ccc(OC)cc4)c4ccc([nH]4)c(-c4ccccc4OCc4c(-c5ccc(OC)cc5)cccc4-c4ccc(OC)cc4)c4nc(c(-c5ccccc5OCc5c(-c6ccc(OC)cc6)cccc5-c5ccc(OC)cc5)c5ccc2[nH]5)C=C4)C=C3)cc1. The zero-order valence-corrected chi connectivity index (χ0v) is 80.9. The summed E-state index contributed by atoms with van der Waals surface area (Å²) in [6, 6.07) is 133. The third-order valence-corrected chi connectivity index (χ3v) is 26.8. The molecule has 2 aliphatic heterocycles. The molecule has 16 aromatic carbocycles. The predicted octanol–water partition coefficient (Wildman–Crippen LogP) is 31.0. The lowest BCUT2D eigenvalue weighted by molar-refractivity contribution is 0.308. The summed E-state index contributed by atoms with van der Waals surface area (Å²) < 4.78 is 75.9. The van der Waals surface area contributed by atoms with Crippen LogP contribution in [0.5, 0.6) is 69.0 Å². The van der Waals surface area contributed by atoms with Gasteiger partial charge in [-0.2, -0.15) is 0 Å². The molecule has 706 valence electrons. The number of hydrogen-bond acceptors (Lipinski definition) is 14. The van der Waals surface area contributed by atoms with E-state index >= 15 is 0 Å². The summed E-state index contributed by atoms with van der Waals surface area (Å²) in [7, 11) is 13.5. The number of nitrogens with one attached hydrogen (secondary N) is 2. The second kappa shape index (κ2) is 41.8. The van der Waals surface area contributed by atoms with Crippen molar-refractivity contribution in [3.05, 3.63) is 433 Å². The predicted molar refractivity (Wildman–Crippen MR) is 580 cm³/mol. The van der Waals surface area contributed by atoms with Crippen LogP contribution in [0, 0.1) is 0 Å². The van der Waals surface area contributed by atoms with Crippen molar-refractivity contribution in [3.63, 3.8) is 0 Å². The van der Waals surface area contributed by atoms with Crippen LogP contribution in [0.1, 0.15) is 45.0 Å². The molecule has 21 rings (SSSR count). The molecule has 0 fully saturated rings. The van der Waals surface area contributed by atoms with E-state index in [1.165, 1.54) is 0 Å². The molecule has 16 heteroatoms. The van der Waals surface area contributed by atoms with Crippen LogP contribution in [0.4, 0.5) is 0 Å². The Balaban J connectivity index is 0.800. The van der Waals surface area contributed by atoms with Crippen molar-refractivity contribution in [2.75, 3.05) is 56.9 Å². The van der Waals surface area contributed by atoms with Crippen molar-refractivity contribution < 1.29 is 56.8 Å². The molecule has 3 aromatic heterocycles. The summed E-state index contributed by atoms with van der Waals surface area (Å²) in [6.45, 7) is 0.631. The monoisotopic (exact) mass is 1890 g/mol. The van der Waals surface area contributed by atoms with Gasteiger partial charge in [0, 0.05) is 88.8 Å². The number of para-hydroxylation sites is 4. The minimum atomic E-state index is 0.158. The number of methoxy groups -OCH3 is 8. The zero-order chi connectivity index (χ0) is 97.9. The van der Waals surface area contributed by atoms with Gasteiger partial charge in [0.25, 0.3) is 0 Å². The second-order valence-corrected chi connectivity index (χ2v) is 34.8. The quantitative estimate of drug-likeness (QED) is 0.0408. The first kappa shape index (κ1) is 92.1. The Morgan fingerprint density at radius 2 is 0.319 bits per heavy atom. The lowest BCUT2D eigenvalue weighted by atomic mass is 9.92. The van der Waals surface area contributed by atoms with Crippen molar-refractivity contribution in [1.82, 2.24) is 19.9 Å². The van der Waals surface area contributed by atoms with Gasteiger partial charge in [-0.15, -0.1) is 0 Å². The molecule has 0 unspecified atom stereocenters. The summed E-state index contributed by atoms with van der Waals surface area (Å²) in [5.74, 6) is 8.43. The Hall–Kier alpha value is -18.3. The highest BCUT2D eigenvalue weighted by molar-refractivity contribution is 6.03. The lowest BCUT2D eigenvalue weighted by Gasteiger charge is -2.19. The van der Waals surface area contributed by atoms with Gasteiger partial charge in [-0.05, 0) is 259 Å². The first-order valence-electron chi connectivity index (χ1n) is 47.7. The first-order valence-corrected chi connectivity index (χ1v) is 47.7. The molecule has 8 bridgehead atoms. The molecule has 0 saturated heterocycles. The van der Waals surface area contributed by atoms with E-state index in [4.69, 9.17) is 66.8 Å². The van der Waals surface area contributed by atoms with Gasteiger partial charge < -0.3 is 66.8 Å². The fourth-order valence-corrected chi connectivity index (χ4v) is 19.4. The zero-order valence-electron chi connectivity index (χ0n) is 80.9. The van der Waals surface area contributed by atoms with Crippen LogP contribution in [0.25, 0.3) is 180 Å². The van der Waals surface area contributed by atoms with Crippen molar-refractivity contribution in [1.29, 1.82) is 0 Å². The van der Waals surface area contributed by atoms with E-state index in [2.05, 4.69) is 277 Å². The summed E-state index contributed by atoms with van der Waals surface area (Å²) in [5, 5.41) is 0. The van der Waals surface area contributed by atoms with Crippen molar-refractivity contribution in [3.8, 4) is 203 Å². The number of aromatic nitrogens is 4. The lowest BCUT2D eigenvalue weighted by Crippen LogP contribution is -2.03. The third kappa shape index (κ3) is 18.9. The summed E-state index contributed by atoms with van der Waals surface area (Å²) in [6.07, 6.45) is 8.45. The van der Waals surface area contributed by atoms with Gasteiger partial charge in [0.05, 0.1) is 79.7 Å². The number of rotatable bonds is 32. The largest absolute Gasteiger partial charge is 0.497 e. The van der Waals surface area contributed by atoms with Crippen LogP contribution in [0.15, 0.2) is 388 Å². The standard InChI is InChI=1S/C128H102N4O12/c1-133-89-53-37-81(38-54-89)97-25-17-26-98(82-39-55-90(134-2)56-40-82)109(97)77-141-121-33-13-9-21-105(121)125-113-69-71-115(129-113)126(106-22-10-14-34-122(106)142-78-110-99(83-41-57-91(135-3)58-42-83)27-18-28-100(110)84-43-59-92(136-4)60-44-84)117-73-75-119(131-117)128(108-24-12-16-36-124(108)144-80-112-103(87-49-65-95(139-7)66-50-87)31-20-32-104(112)88-51-67-96(140-8)68-52-88)120-76-74-118(132-120)127(116-72-70-114(125)130-116)107-23-11-15-35-123(107)143-79-111-101(85-45-61-93(137-5)62-46-85)29-19-30-102(111)86-47-63-94(138-6)64-48-86/h9-76,129,132H,77-80H2,1-8H3. The minimum Gasteiger partial charge on any atom is -0.497 e. The fraction of sp³-hybridized carbons (Fsp3) is 0.0938. The molecular weight excluding hydrogens is 1790 g/mol. The van der Waals surface area contributed by atoms with E-state index in [0.717, 1.165) is 224 Å². The number of ether oxygens (including phenoxy) is 12. The number of fused-ring (bicyclic) bond motifs is 8. The normalized spacial score (nSPS) is 11.4. The molecule has 0 aliphatic carbocycles. The van der Waals surface area contributed by atoms with E-state index in [1.807, 2.05) is 146 Å². The maximum Gasteiger partial charge on any atom is 0.127 e. The molecule has 0 radical (unpaired) electrons. The number of hydrogen-bond donors (Lipinski definition) is 2. The van der Waals surface area contributed by atoms with E-state index in [9.17, 15) is 0 Å². The van der Waals surface area contributed by atoms with Crippen LogP contribution in [-0.2, 0) is 26.4 Å². The average Bonchev–Trinajstić information content (AvgIpc) is 1.61. The number of aromatic amines is 2. The molecular formula is C128H102N4O12. The molecule has 0 saturated carbocycles. The number of H-pyrrole nitrogens is 2. The van der Waals surface area contributed by atoms with E-state index in [1.54, 1.807) is 56.9 Å². The molecule has 0 atom stereocenters. The minimum absolute atomic E-state index is 0.158. The second-order valence-electron chi connectivity index (χ2n) is 34.8. The molecule has 2 N–H and O–H groups in total. The Morgan fingerprint density at radius 1 is 0.167 bits per heavy atom. The average molecular weight is 1890 g/mol. The van der Waals surface area contributed by atoms with Gasteiger partial charge >= 0.3 is 0 Å². The molecule has 0 spiro atoms. The topological polar surface area (TPSA) is 168 Å². The molecule has 5 heterocycles. The summed E-state index contributed by atoms with van der Waals surface area (Å²) in [4.78, 5) is 20.2. The van der Waals surface area contributed by atoms with E-state index in [-0.39, 0.29) is 26.4 Å².